The summed E-state index contributed by atoms with van der Waals surface area (Å²) in [6.07, 6.45) is 0.206. The van der Waals surface area contributed by atoms with Crippen molar-refractivity contribution in [3.63, 3.8) is 0 Å². The second-order valence-electron chi connectivity index (χ2n) is 4.11. The third-order valence-corrected chi connectivity index (χ3v) is 2.80. The lowest BCUT2D eigenvalue weighted by molar-refractivity contribution is -0.131. The summed E-state index contributed by atoms with van der Waals surface area (Å²) < 4.78 is 5.01. The van der Waals surface area contributed by atoms with Crippen molar-refractivity contribution in [1.29, 1.82) is 0 Å². The summed E-state index contributed by atoms with van der Waals surface area (Å²) in [6, 6.07) is 6.91. The summed E-state index contributed by atoms with van der Waals surface area (Å²) in [5, 5.41) is 9.59. The molecule has 0 heterocycles. The highest BCUT2D eigenvalue weighted by molar-refractivity contribution is 5.79. The quantitative estimate of drug-likeness (QED) is 0.842. The maximum Gasteiger partial charge on any atom is 0.227 e. The van der Waals surface area contributed by atoms with E-state index in [0.717, 1.165) is 0 Å². The number of phenols is 1. The minimum atomic E-state index is -0.0314. The molecule has 1 rings (SSSR count). The van der Waals surface area contributed by atoms with Crippen LogP contribution in [0, 0.1) is 0 Å². The highest BCUT2D eigenvalue weighted by atomic mass is 16.5. The number of phenolic OH excluding ortho intramolecular Hbond substituents is 1. The Labute approximate surface area is 102 Å². The second-order valence-corrected chi connectivity index (χ2v) is 4.11. The van der Waals surface area contributed by atoms with Gasteiger partial charge >= 0.3 is 0 Å². The van der Waals surface area contributed by atoms with Crippen molar-refractivity contribution < 1.29 is 14.6 Å². The van der Waals surface area contributed by atoms with Crippen molar-refractivity contribution >= 4 is 5.91 Å². The van der Waals surface area contributed by atoms with Crippen LogP contribution in [-0.2, 0) is 16.0 Å². The molecule has 0 aliphatic heterocycles. The Morgan fingerprint density at radius 2 is 2.12 bits per heavy atom. The molecule has 4 nitrogen and oxygen atoms in total. The number of carbonyl (C=O) groups is 1. The third-order valence-electron chi connectivity index (χ3n) is 2.80. The van der Waals surface area contributed by atoms with E-state index in [0.29, 0.717) is 12.2 Å². The molecule has 0 saturated heterocycles. The molecule has 1 amide bonds. The van der Waals surface area contributed by atoms with E-state index in [1.165, 1.54) is 0 Å². The standard InChI is InChI=1S/C13H19NO3/c1-10(9-17-3)14(2)13(16)8-11-6-4-5-7-12(11)15/h4-7,10,15H,8-9H2,1-3H3. The van der Waals surface area contributed by atoms with E-state index in [9.17, 15) is 9.90 Å². The van der Waals surface area contributed by atoms with Crippen molar-refractivity contribution in [2.24, 2.45) is 0 Å². The van der Waals surface area contributed by atoms with Gasteiger partial charge in [-0.05, 0) is 13.0 Å². The number of aromatic hydroxyl groups is 1. The molecule has 0 aliphatic carbocycles. The summed E-state index contributed by atoms with van der Waals surface area (Å²) >= 11 is 0. The number of amides is 1. The van der Waals surface area contributed by atoms with Gasteiger partial charge in [-0.1, -0.05) is 18.2 Å². The molecule has 1 unspecified atom stereocenters. The van der Waals surface area contributed by atoms with Crippen molar-refractivity contribution in [3.05, 3.63) is 29.8 Å². The second kappa shape index (κ2) is 6.25. The van der Waals surface area contributed by atoms with Crippen LogP contribution in [0.3, 0.4) is 0 Å². The Hall–Kier alpha value is -1.55. The van der Waals surface area contributed by atoms with Crippen molar-refractivity contribution in [3.8, 4) is 5.75 Å². The van der Waals surface area contributed by atoms with Crippen LogP contribution in [0.1, 0.15) is 12.5 Å². The van der Waals surface area contributed by atoms with Crippen molar-refractivity contribution in [2.75, 3.05) is 20.8 Å². The Morgan fingerprint density at radius 1 is 1.47 bits per heavy atom. The first kappa shape index (κ1) is 13.5. The maximum absolute atomic E-state index is 11.9. The van der Waals surface area contributed by atoms with E-state index in [-0.39, 0.29) is 24.1 Å². The molecule has 0 spiro atoms. The predicted octanol–water partition coefficient (Wildman–Crippen LogP) is 1.43. The van der Waals surface area contributed by atoms with E-state index in [4.69, 9.17) is 4.74 Å². The first-order valence-electron chi connectivity index (χ1n) is 5.57. The molecular formula is C13H19NO3. The van der Waals surface area contributed by atoms with Gasteiger partial charge in [-0.3, -0.25) is 4.79 Å². The largest absolute Gasteiger partial charge is 0.508 e. The van der Waals surface area contributed by atoms with E-state index in [1.54, 1.807) is 43.3 Å². The number of likely N-dealkylation sites (N-methyl/N-ethyl adjacent to an activating group) is 1. The fourth-order valence-corrected chi connectivity index (χ4v) is 1.55. The summed E-state index contributed by atoms with van der Waals surface area (Å²) in [7, 11) is 3.35. The van der Waals surface area contributed by atoms with Gasteiger partial charge in [0.05, 0.1) is 19.1 Å². The van der Waals surface area contributed by atoms with Crippen LogP contribution in [0.25, 0.3) is 0 Å². The van der Waals surface area contributed by atoms with Gasteiger partial charge in [-0.25, -0.2) is 0 Å². The fraction of sp³-hybridized carbons (Fsp3) is 0.462. The predicted molar refractivity (Wildman–Crippen MR) is 65.9 cm³/mol. The van der Waals surface area contributed by atoms with E-state index in [1.807, 2.05) is 6.92 Å². The smallest absolute Gasteiger partial charge is 0.227 e. The lowest BCUT2D eigenvalue weighted by Crippen LogP contribution is -2.38. The number of ether oxygens (including phenoxy) is 1. The van der Waals surface area contributed by atoms with Gasteiger partial charge in [0.2, 0.25) is 5.91 Å². The van der Waals surface area contributed by atoms with Gasteiger partial charge < -0.3 is 14.7 Å². The Kier molecular flexibility index (Phi) is 4.97. The molecule has 94 valence electrons. The zero-order chi connectivity index (χ0) is 12.8. The van der Waals surface area contributed by atoms with Gasteiger partial charge in [-0.2, -0.15) is 0 Å². The minimum absolute atomic E-state index is 0.0263. The molecule has 0 aromatic heterocycles. The number of hydrogen-bond donors (Lipinski definition) is 1. The molecule has 1 atom stereocenters. The van der Waals surface area contributed by atoms with Gasteiger partial charge in [0.15, 0.2) is 0 Å². The minimum Gasteiger partial charge on any atom is -0.508 e. The normalized spacial score (nSPS) is 12.2. The molecular weight excluding hydrogens is 218 g/mol. The average molecular weight is 237 g/mol. The Bertz CT molecular complexity index is 379. The topological polar surface area (TPSA) is 49.8 Å². The van der Waals surface area contributed by atoms with Gasteiger partial charge in [-0.15, -0.1) is 0 Å². The summed E-state index contributed by atoms with van der Waals surface area (Å²) in [5.74, 6) is 0.129. The zero-order valence-electron chi connectivity index (χ0n) is 10.5. The van der Waals surface area contributed by atoms with Crippen LogP contribution < -0.4 is 0 Å². The lowest BCUT2D eigenvalue weighted by Gasteiger charge is -2.24. The number of rotatable bonds is 5. The number of nitrogens with zero attached hydrogens (tertiary/aromatic N) is 1. The molecule has 1 aromatic carbocycles. The zero-order valence-corrected chi connectivity index (χ0v) is 10.5. The summed E-state index contributed by atoms with van der Waals surface area (Å²) in [6.45, 7) is 2.43. The van der Waals surface area contributed by atoms with Crippen molar-refractivity contribution in [2.45, 2.75) is 19.4 Å². The Balaban J connectivity index is 2.63. The maximum atomic E-state index is 11.9. The van der Waals surface area contributed by atoms with E-state index >= 15 is 0 Å². The number of para-hydroxylation sites is 1. The van der Waals surface area contributed by atoms with Gasteiger partial charge in [0, 0.05) is 19.7 Å². The van der Waals surface area contributed by atoms with Crippen molar-refractivity contribution in [1.82, 2.24) is 4.90 Å². The SMILES string of the molecule is COCC(C)N(C)C(=O)Cc1ccccc1O. The molecule has 0 saturated carbocycles. The van der Waals surface area contributed by atoms with Crippen LogP contribution in [-0.4, -0.2) is 42.7 Å². The number of hydrogen-bond acceptors (Lipinski definition) is 3. The molecule has 0 aliphatic rings. The van der Waals surface area contributed by atoms with E-state index < -0.39 is 0 Å². The van der Waals surface area contributed by atoms with Gasteiger partial charge in [0.25, 0.3) is 0 Å². The van der Waals surface area contributed by atoms with Crippen LogP contribution in [0.4, 0.5) is 0 Å². The van der Waals surface area contributed by atoms with Crippen LogP contribution in [0.5, 0.6) is 5.75 Å². The first-order valence-corrected chi connectivity index (χ1v) is 5.57. The average Bonchev–Trinajstić information content (AvgIpc) is 2.31. The van der Waals surface area contributed by atoms with Crippen LogP contribution >= 0.6 is 0 Å². The van der Waals surface area contributed by atoms with Crippen LogP contribution in [0.2, 0.25) is 0 Å². The fourth-order valence-electron chi connectivity index (χ4n) is 1.55. The number of carbonyl (C=O) groups excluding carboxylic acids is 1. The first-order chi connectivity index (χ1) is 8.06. The molecule has 17 heavy (non-hydrogen) atoms. The number of methoxy groups -OCH3 is 1. The molecule has 1 N–H and O–H groups in total. The Morgan fingerprint density at radius 3 is 2.71 bits per heavy atom. The lowest BCUT2D eigenvalue weighted by atomic mass is 10.1. The third kappa shape index (κ3) is 3.75. The molecule has 0 radical (unpaired) electrons. The molecule has 0 bridgehead atoms. The van der Waals surface area contributed by atoms with Crippen LogP contribution in [0.15, 0.2) is 24.3 Å². The monoisotopic (exact) mass is 237 g/mol. The summed E-state index contributed by atoms with van der Waals surface area (Å²) in [4.78, 5) is 13.6. The molecule has 4 heteroatoms. The molecule has 1 aromatic rings. The van der Waals surface area contributed by atoms with E-state index in [2.05, 4.69) is 0 Å². The number of benzene rings is 1. The van der Waals surface area contributed by atoms with Gasteiger partial charge in [0.1, 0.15) is 5.75 Å². The summed E-state index contributed by atoms with van der Waals surface area (Å²) in [5.41, 5.74) is 0.647. The molecule has 0 fully saturated rings. The highest BCUT2D eigenvalue weighted by Gasteiger charge is 2.16. The highest BCUT2D eigenvalue weighted by Crippen LogP contribution is 2.17.